The highest BCUT2D eigenvalue weighted by atomic mass is 28.3. The number of rotatable bonds is 4. The topological polar surface area (TPSA) is 37.4 Å². The van der Waals surface area contributed by atoms with Gasteiger partial charge in [-0.15, -0.1) is 0 Å². The first-order chi connectivity index (χ1) is 10.5. The molecule has 2 aromatic carbocycles. The molecule has 0 saturated carbocycles. The van der Waals surface area contributed by atoms with E-state index in [1.165, 1.54) is 10.5 Å². The number of carbonyl (C=O) groups excluding carboxylic acids is 2. The molecule has 2 amide bonds. The summed E-state index contributed by atoms with van der Waals surface area (Å²) in [5, 5.41) is 0. The van der Waals surface area contributed by atoms with E-state index in [0.29, 0.717) is 17.3 Å². The zero-order chi connectivity index (χ0) is 15.7. The summed E-state index contributed by atoms with van der Waals surface area (Å²) >= 11 is 0. The molecule has 0 unspecified atom stereocenters. The van der Waals surface area contributed by atoms with Crippen LogP contribution in [0.5, 0.6) is 0 Å². The highest BCUT2D eigenvalue weighted by molar-refractivity contribution is 6.77. The Labute approximate surface area is 131 Å². The first-order valence-corrected chi connectivity index (χ1v) is 10.9. The van der Waals surface area contributed by atoms with Crippen molar-refractivity contribution in [2.24, 2.45) is 0 Å². The van der Waals surface area contributed by atoms with Crippen LogP contribution in [0, 0.1) is 0 Å². The average Bonchev–Trinajstić information content (AvgIpc) is 2.73. The van der Waals surface area contributed by atoms with Gasteiger partial charge in [0, 0.05) is 6.17 Å². The second-order valence-electron chi connectivity index (χ2n) is 6.57. The Morgan fingerprint density at radius 3 is 1.86 bits per heavy atom. The maximum Gasteiger partial charge on any atom is 0.261 e. The van der Waals surface area contributed by atoms with Gasteiger partial charge in [-0.25, -0.2) is 0 Å². The monoisotopic (exact) mass is 309 g/mol. The van der Waals surface area contributed by atoms with E-state index in [1.807, 2.05) is 18.2 Å². The van der Waals surface area contributed by atoms with Crippen molar-refractivity contribution in [2.75, 3.05) is 6.17 Å². The van der Waals surface area contributed by atoms with Crippen molar-refractivity contribution in [2.45, 2.75) is 19.1 Å². The maximum absolute atomic E-state index is 12.5. The number of nitrogens with zero attached hydrogens (tertiary/aromatic N) is 1. The molecule has 0 spiro atoms. The summed E-state index contributed by atoms with van der Waals surface area (Å²) in [6, 6.07) is 18.3. The maximum atomic E-state index is 12.5. The normalized spacial score (nSPS) is 14.4. The fourth-order valence-electron chi connectivity index (χ4n) is 3.02. The molecule has 0 N–H and O–H groups in total. The third kappa shape index (κ3) is 2.74. The molecule has 1 aliphatic rings. The second-order valence-corrected chi connectivity index (χ2v) is 11.6. The van der Waals surface area contributed by atoms with Gasteiger partial charge in [0.2, 0.25) is 0 Å². The lowest BCUT2D eigenvalue weighted by molar-refractivity contribution is 0.0677. The fraction of sp³-hybridized carbons (Fsp3) is 0.222. The Kier molecular flexibility index (Phi) is 3.70. The van der Waals surface area contributed by atoms with E-state index in [9.17, 15) is 9.59 Å². The molecule has 22 heavy (non-hydrogen) atoms. The van der Waals surface area contributed by atoms with Gasteiger partial charge in [0.1, 0.15) is 0 Å². The Morgan fingerprint density at radius 2 is 1.32 bits per heavy atom. The SMILES string of the molecule is C[Si](C)(Cc1ccccc1)CN1C(=O)c2ccccc2C1=O. The molecule has 0 fully saturated rings. The van der Waals surface area contributed by atoms with E-state index in [1.54, 1.807) is 24.3 Å². The molecule has 2 aromatic rings. The van der Waals surface area contributed by atoms with Crippen molar-refractivity contribution in [3.8, 4) is 0 Å². The quantitative estimate of drug-likeness (QED) is 0.642. The number of hydrogen-bond acceptors (Lipinski definition) is 2. The first-order valence-electron chi connectivity index (χ1n) is 7.47. The Bertz CT molecular complexity index is 690. The van der Waals surface area contributed by atoms with E-state index in [2.05, 4.69) is 25.2 Å². The smallest absolute Gasteiger partial charge is 0.261 e. The molecule has 1 heterocycles. The van der Waals surface area contributed by atoms with Gasteiger partial charge in [0.25, 0.3) is 11.8 Å². The Morgan fingerprint density at radius 1 is 0.818 bits per heavy atom. The molecular formula is C18H19NO2Si. The number of carbonyl (C=O) groups is 2. The zero-order valence-corrected chi connectivity index (χ0v) is 13.9. The third-order valence-electron chi connectivity index (χ3n) is 3.99. The van der Waals surface area contributed by atoms with Crippen LogP contribution >= 0.6 is 0 Å². The lowest BCUT2D eigenvalue weighted by Crippen LogP contribution is -2.47. The van der Waals surface area contributed by atoms with Gasteiger partial charge in [0.15, 0.2) is 0 Å². The van der Waals surface area contributed by atoms with Gasteiger partial charge in [0.05, 0.1) is 19.2 Å². The zero-order valence-electron chi connectivity index (χ0n) is 12.9. The number of imide groups is 1. The highest BCUT2D eigenvalue weighted by Gasteiger charge is 2.38. The minimum atomic E-state index is -1.75. The van der Waals surface area contributed by atoms with Crippen molar-refractivity contribution in [3.05, 3.63) is 71.3 Å². The number of benzene rings is 2. The van der Waals surface area contributed by atoms with Crippen LogP contribution in [0.3, 0.4) is 0 Å². The summed E-state index contributed by atoms with van der Waals surface area (Å²) in [4.78, 5) is 26.4. The van der Waals surface area contributed by atoms with Crippen LogP contribution in [0.25, 0.3) is 0 Å². The molecule has 112 valence electrons. The molecule has 0 radical (unpaired) electrons. The van der Waals surface area contributed by atoms with Gasteiger partial charge < -0.3 is 0 Å². The Hall–Kier alpha value is -2.20. The molecule has 0 atom stereocenters. The van der Waals surface area contributed by atoms with Crippen molar-refractivity contribution in [1.82, 2.24) is 4.90 Å². The van der Waals surface area contributed by atoms with Crippen LogP contribution in [0.2, 0.25) is 13.1 Å². The molecule has 0 saturated heterocycles. The second kappa shape index (κ2) is 5.53. The number of fused-ring (bicyclic) bond motifs is 1. The van der Waals surface area contributed by atoms with Crippen molar-refractivity contribution < 1.29 is 9.59 Å². The number of hydrogen-bond donors (Lipinski definition) is 0. The molecule has 0 aliphatic carbocycles. The summed E-state index contributed by atoms with van der Waals surface area (Å²) in [6.45, 7) is 4.45. The lowest BCUT2D eigenvalue weighted by atomic mass is 10.1. The van der Waals surface area contributed by atoms with Crippen molar-refractivity contribution >= 4 is 19.9 Å². The largest absolute Gasteiger partial charge is 0.277 e. The van der Waals surface area contributed by atoms with Gasteiger partial charge in [-0.3, -0.25) is 14.5 Å². The minimum absolute atomic E-state index is 0.144. The highest BCUT2D eigenvalue weighted by Crippen LogP contribution is 2.24. The van der Waals surface area contributed by atoms with Crippen LogP contribution in [0.4, 0.5) is 0 Å². The van der Waals surface area contributed by atoms with Crippen LogP contribution < -0.4 is 0 Å². The van der Waals surface area contributed by atoms with Crippen LogP contribution in [-0.2, 0) is 6.04 Å². The molecular weight excluding hydrogens is 290 g/mol. The van der Waals surface area contributed by atoms with E-state index >= 15 is 0 Å². The number of amides is 2. The molecule has 0 bridgehead atoms. The van der Waals surface area contributed by atoms with Gasteiger partial charge in [-0.05, 0) is 18.2 Å². The van der Waals surface area contributed by atoms with E-state index in [0.717, 1.165) is 6.04 Å². The summed E-state index contributed by atoms with van der Waals surface area (Å²) in [6.07, 6.45) is 0.564. The molecule has 1 aliphatic heterocycles. The molecule has 3 rings (SSSR count). The summed E-state index contributed by atoms with van der Waals surface area (Å²) in [5.41, 5.74) is 2.35. The standard InChI is InChI=1S/C18H19NO2Si/c1-22(2,12-14-8-4-3-5-9-14)13-19-17(20)15-10-6-7-11-16(15)18(19)21/h3-11H,12-13H2,1-2H3. The van der Waals surface area contributed by atoms with E-state index in [-0.39, 0.29) is 11.8 Å². The van der Waals surface area contributed by atoms with Gasteiger partial charge >= 0.3 is 0 Å². The molecule has 4 heteroatoms. The molecule has 3 nitrogen and oxygen atoms in total. The van der Waals surface area contributed by atoms with Crippen LogP contribution in [0.15, 0.2) is 54.6 Å². The van der Waals surface area contributed by atoms with Crippen molar-refractivity contribution in [1.29, 1.82) is 0 Å². The van der Waals surface area contributed by atoms with E-state index < -0.39 is 8.07 Å². The summed E-state index contributed by atoms with van der Waals surface area (Å²) < 4.78 is 0. The predicted octanol–water partition coefficient (Wildman–Crippen LogP) is 3.31. The first kappa shape index (κ1) is 14.7. The average molecular weight is 309 g/mol. The lowest BCUT2D eigenvalue weighted by Gasteiger charge is -2.27. The summed E-state index contributed by atoms with van der Waals surface area (Å²) in [5.74, 6) is -0.288. The molecule has 0 aromatic heterocycles. The van der Waals surface area contributed by atoms with Crippen LogP contribution in [-0.4, -0.2) is 31.0 Å². The third-order valence-corrected chi connectivity index (χ3v) is 6.53. The van der Waals surface area contributed by atoms with Gasteiger partial charge in [-0.2, -0.15) is 0 Å². The van der Waals surface area contributed by atoms with Crippen molar-refractivity contribution in [3.63, 3.8) is 0 Å². The van der Waals surface area contributed by atoms with Crippen LogP contribution in [0.1, 0.15) is 26.3 Å². The predicted molar refractivity (Wildman–Crippen MR) is 89.4 cm³/mol. The summed E-state index contributed by atoms with van der Waals surface area (Å²) in [7, 11) is -1.75. The Balaban J connectivity index is 1.79. The minimum Gasteiger partial charge on any atom is -0.277 e. The van der Waals surface area contributed by atoms with E-state index in [4.69, 9.17) is 0 Å². The van der Waals surface area contributed by atoms with Gasteiger partial charge in [-0.1, -0.05) is 61.1 Å². The fourth-order valence-corrected chi connectivity index (χ4v) is 5.61.